The molecule has 2 aromatic heterocycles. The van der Waals surface area contributed by atoms with E-state index in [-0.39, 0.29) is 34.0 Å². The standard InChI is InChI=1S/C27H24FN5O4.C2H6/c1-4-21(34)29-16-6-5-7-18(13-16)32-23-15(3)25(35)31-24(30-20-11-8-14(2)12-19(20)28)22(23)26(36)33(27(32)37)17-9-10-17;1-2/h4-8,11-13,17H,1,9-10H2,2-3H3,(H,29,34)(H2,30,31,35);1-2H3. The van der Waals surface area contributed by atoms with Crippen LogP contribution >= 0.6 is 0 Å². The van der Waals surface area contributed by atoms with Crippen molar-refractivity contribution in [2.24, 2.45) is 0 Å². The molecule has 0 unspecified atom stereocenters. The fourth-order valence-electron chi connectivity index (χ4n) is 4.34. The topological polar surface area (TPSA) is 118 Å². The summed E-state index contributed by atoms with van der Waals surface area (Å²) < 4.78 is 17.1. The van der Waals surface area contributed by atoms with E-state index in [1.54, 1.807) is 37.3 Å². The van der Waals surface area contributed by atoms with Crippen LogP contribution in [-0.4, -0.2) is 20.0 Å². The van der Waals surface area contributed by atoms with Crippen LogP contribution in [0.1, 0.15) is 43.9 Å². The number of carbonyl (C=O) groups is 1. The number of H-pyrrole nitrogens is 1. The van der Waals surface area contributed by atoms with Gasteiger partial charge in [-0.3, -0.25) is 23.5 Å². The van der Waals surface area contributed by atoms with E-state index < -0.39 is 28.5 Å². The van der Waals surface area contributed by atoms with Crippen molar-refractivity contribution in [3.63, 3.8) is 0 Å². The first-order valence-corrected chi connectivity index (χ1v) is 12.7. The zero-order chi connectivity index (χ0) is 28.4. The van der Waals surface area contributed by atoms with Gasteiger partial charge in [-0.1, -0.05) is 32.6 Å². The Morgan fingerprint density at radius 1 is 1.10 bits per heavy atom. The van der Waals surface area contributed by atoms with Crippen molar-refractivity contribution >= 4 is 34.0 Å². The molecule has 5 rings (SSSR count). The van der Waals surface area contributed by atoms with E-state index in [1.807, 2.05) is 13.8 Å². The van der Waals surface area contributed by atoms with Crippen molar-refractivity contribution in [1.82, 2.24) is 14.1 Å². The largest absolute Gasteiger partial charge is 0.339 e. The molecule has 4 aromatic rings. The van der Waals surface area contributed by atoms with Crippen LogP contribution < -0.4 is 27.4 Å². The van der Waals surface area contributed by atoms with Crippen molar-refractivity contribution < 1.29 is 9.18 Å². The number of nitrogens with zero attached hydrogens (tertiary/aromatic N) is 2. The Kier molecular flexibility index (Phi) is 7.66. The van der Waals surface area contributed by atoms with Crippen LogP contribution in [0.15, 0.2) is 69.5 Å². The zero-order valence-electron chi connectivity index (χ0n) is 22.2. The number of pyridine rings is 1. The van der Waals surface area contributed by atoms with Crippen molar-refractivity contribution in [1.29, 1.82) is 0 Å². The summed E-state index contributed by atoms with van der Waals surface area (Å²) >= 11 is 0. The molecule has 9 nitrogen and oxygen atoms in total. The second-order valence-corrected chi connectivity index (χ2v) is 9.05. The van der Waals surface area contributed by atoms with E-state index in [2.05, 4.69) is 22.2 Å². The number of aromatic amines is 1. The third-order valence-electron chi connectivity index (χ3n) is 6.33. The molecular formula is C29H30FN5O4. The first kappa shape index (κ1) is 27.3. The maximum absolute atomic E-state index is 14.7. The minimum atomic E-state index is -0.603. The molecule has 1 fully saturated rings. The number of fused-ring (bicyclic) bond motifs is 1. The molecule has 0 atom stereocenters. The van der Waals surface area contributed by atoms with Crippen LogP contribution in [0.2, 0.25) is 0 Å². The Morgan fingerprint density at radius 3 is 2.46 bits per heavy atom. The zero-order valence-corrected chi connectivity index (χ0v) is 22.2. The van der Waals surface area contributed by atoms with Gasteiger partial charge >= 0.3 is 5.69 Å². The summed E-state index contributed by atoms with van der Waals surface area (Å²) in [6, 6.07) is 10.7. The van der Waals surface area contributed by atoms with Gasteiger partial charge in [0.1, 0.15) is 17.0 Å². The van der Waals surface area contributed by atoms with Gasteiger partial charge in [0, 0.05) is 17.3 Å². The van der Waals surface area contributed by atoms with Crippen LogP contribution in [0.3, 0.4) is 0 Å². The summed E-state index contributed by atoms with van der Waals surface area (Å²) in [4.78, 5) is 54.9. The number of nitrogens with one attached hydrogen (secondary N) is 3. The van der Waals surface area contributed by atoms with Crippen molar-refractivity contribution in [3.8, 4) is 5.69 Å². The average molecular weight is 532 g/mol. The van der Waals surface area contributed by atoms with E-state index in [0.29, 0.717) is 29.8 Å². The number of benzene rings is 2. The molecule has 1 amide bonds. The minimum absolute atomic E-state index is 0.0161. The molecular weight excluding hydrogens is 501 g/mol. The predicted octanol–water partition coefficient (Wildman–Crippen LogP) is 4.83. The SMILES string of the molecule is C=CC(=O)Nc1cccc(-n2c(=O)n(C3CC3)c(=O)c3c(Nc4ccc(C)cc4F)[nH]c(=O)c(C)c32)c1.CC. The Hall–Kier alpha value is -4.73. The minimum Gasteiger partial charge on any atom is -0.339 e. The normalized spacial score (nSPS) is 12.4. The molecule has 0 radical (unpaired) electrons. The van der Waals surface area contributed by atoms with E-state index in [1.165, 1.54) is 28.2 Å². The number of hydrogen-bond acceptors (Lipinski definition) is 5. The first-order chi connectivity index (χ1) is 18.7. The van der Waals surface area contributed by atoms with Crippen molar-refractivity contribution in [2.45, 2.75) is 46.6 Å². The van der Waals surface area contributed by atoms with Crippen LogP contribution in [0.5, 0.6) is 0 Å². The third kappa shape index (κ3) is 5.18. The fourth-order valence-corrected chi connectivity index (χ4v) is 4.34. The van der Waals surface area contributed by atoms with Crippen LogP contribution in [0.25, 0.3) is 16.6 Å². The number of carbonyl (C=O) groups excluding carboxylic acids is 1. The molecule has 0 spiro atoms. The summed E-state index contributed by atoms with van der Waals surface area (Å²) in [5, 5.41) is 5.55. The quantitative estimate of drug-likeness (QED) is 0.308. The smallest absolute Gasteiger partial charge is 0.336 e. The summed E-state index contributed by atoms with van der Waals surface area (Å²) in [5.74, 6) is -1.01. The molecule has 2 heterocycles. The second-order valence-electron chi connectivity index (χ2n) is 9.05. The highest BCUT2D eigenvalue weighted by molar-refractivity contribution is 5.99. The number of halogens is 1. The molecule has 39 heavy (non-hydrogen) atoms. The van der Waals surface area contributed by atoms with E-state index >= 15 is 0 Å². The number of anilines is 3. The molecule has 3 N–H and O–H groups in total. The van der Waals surface area contributed by atoms with Gasteiger partial charge in [0.25, 0.3) is 11.1 Å². The molecule has 202 valence electrons. The number of rotatable bonds is 6. The third-order valence-corrected chi connectivity index (χ3v) is 6.33. The van der Waals surface area contributed by atoms with Gasteiger partial charge in [-0.2, -0.15) is 0 Å². The lowest BCUT2D eigenvalue weighted by Crippen LogP contribution is -2.40. The van der Waals surface area contributed by atoms with Crippen molar-refractivity contribution in [3.05, 3.63) is 103 Å². The van der Waals surface area contributed by atoms with E-state index in [9.17, 15) is 23.6 Å². The molecule has 10 heteroatoms. The molecule has 1 aliphatic rings. The number of hydrogen-bond donors (Lipinski definition) is 3. The van der Waals surface area contributed by atoms with E-state index in [4.69, 9.17) is 0 Å². The lowest BCUT2D eigenvalue weighted by molar-refractivity contribution is -0.111. The first-order valence-electron chi connectivity index (χ1n) is 12.7. The van der Waals surface area contributed by atoms with Crippen LogP contribution in [-0.2, 0) is 4.79 Å². The number of aromatic nitrogens is 3. The highest BCUT2D eigenvalue weighted by atomic mass is 19.1. The van der Waals surface area contributed by atoms with Gasteiger partial charge < -0.3 is 15.6 Å². The summed E-state index contributed by atoms with van der Waals surface area (Å²) in [7, 11) is 0. The number of amides is 1. The summed E-state index contributed by atoms with van der Waals surface area (Å²) in [6.07, 6.45) is 2.44. The molecule has 0 aliphatic heterocycles. The Labute approximate surface area is 223 Å². The van der Waals surface area contributed by atoms with Crippen molar-refractivity contribution in [2.75, 3.05) is 10.6 Å². The summed E-state index contributed by atoms with van der Waals surface area (Å²) in [5.41, 5.74) is 0.0179. The highest BCUT2D eigenvalue weighted by Gasteiger charge is 2.31. The second kappa shape index (κ2) is 10.9. The van der Waals surface area contributed by atoms with Crippen LogP contribution in [0.4, 0.5) is 21.6 Å². The van der Waals surface area contributed by atoms with Gasteiger partial charge in [-0.25, -0.2) is 9.18 Å². The van der Waals surface area contributed by atoms with Gasteiger partial charge in [0.15, 0.2) is 0 Å². The van der Waals surface area contributed by atoms with E-state index in [0.717, 1.165) is 6.08 Å². The molecule has 0 saturated heterocycles. The van der Waals surface area contributed by atoms with Gasteiger partial charge in [-0.05, 0) is 68.7 Å². The molecule has 2 aromatic carbocycles. The summed E-state index contributed by atoms with van der Waals surface area (Å²) in [6.45, 7) is 10.7. The average Bonchev–Trinajstić information content (AvgIpc) is 3.75. The molecule has 1 saturated carbocycles. The fraction of sp³-hybridized carbons (Fsp3) is 0.241. The predicted molar refractivity (Wildman–Crippen MR) is 152 cm³/mol. The van der Waals surface area contributed by atoms with Gasteiger partial charge in [0.05, 0.1) is 16.9 Å². The van der Waals surface area contributed by atoms with Crippen LogP contribution in [0, 0.1) is 19.7 Å². The van der Waals surface area contributed by atoms with Gasteiger partial charge in [0.2, 0.25) is 5.91 Å². The highest BCUT2D eigenvalue weighted by Crippen LogP contribution is 2.34. The molecule has 1 aliphatic carbocycles. The lowest BCUT2D eigenvalue weighted by atomic mass is 10.1. The Bertz CT molecular complexity index is 1780. The maximum atomic E-state index is 14.7. The monoisotopic (exact) mass is 531 g/mol. The van der Waals surface area contributed by atoms with Gasteiger partial charge in [-0.15, -0.1) is 0 Å². The Balaban J connectivity index is 0.00000172. The Morgan fingerprint density at radius 2 is 1.82 bits per heavy atom. The lowest BCUT2D eigenvalue weighted by Gasteiger charge is -2.18. The maximum Gasteiger partial charge on any atom is 0.336 e. The molecule has 0 bridgehead atoms. The number of aryl methyl sites for hydroxylation is 2.